The maximum absolute atomic E-state index is 12.9. The number of hydrogen-bond donors (Lipinski definition) is 0. The van der Waals surface area contributed by atoms with E-state index < -0.39 is 10.9 Å². The van der Waals surface area contributed by atoms with E-state index in [9.17, 15) is 8.78 Å². The average molecular weight is 184 g/mol. The van der Waals surface area contributed by atoms with Crippen LogP contribution in [-0.2, 0) is 0 Å². The highest BCUT2D eigenvalue weighted by Crippen LogP contribution is 2.28. The van der Waals surface area contributed by atoms with E-state index in [1.54, 1.807) is 18.2 Å². The zero-order chi connectivity index (χ0) is 8.72. The van der Waals surface area contributed by atoms with Crippen molar-refractivity contribution in [2.24, 2.45) is 0 Å². The van der Waals surface area contributed by atoms with Crippen LogP contribution in [0.25, 0.3) is 10.1 Å². The van der Waals surface area contributed by atoms with Crippen molar-refractivity contribution in [2.75, 3.05) is 0 Å². The van der Waals surface area contributed by atoms with Gasteiger partial charge in [-0.3, -0.25) is 0 Å². The highest BCUT2D eigenvalue weighted by molar-refractivity contribution is 7.17. The molecule has 0 nitrogen and oxygen atoms in total. The third-order valence-electron chi connectivity index (χ3n) is 1.75. The number of aryl methyl sites for hydroxylation is 1. The Labute approximate surface area is 72.4 Å². The highest BCUT2D eigenvalue weighted by atomic mass is 32.1. The second kappa shape index (κ2) is 2.52. The predicted octanol–water partition coefficient (Wildman–Crippen LogP) is 3.49. The minimum atomic E-state index is -0.727. The number of hydrogen-bond acceptors (Lipinski definition) is 1. The molecule has 12 heavy (non-hydrogen) atoms. The summed E-state index contributed by atoms with van der Waals surface area (Å²) >= 11 is 0.851. The van der Waals surface area contributed by atoms with Gasteiger partial charge in [-0.1, -0.05) is 12.1 Å². The molecule has 0 fully saturated rings. The Hall–Kier alpha value is -0.960. The second-order valence-corrected chi connectivity index (χ2v) is 3.69. The molecule has 0 aliphatic heterocycles. The molecule has 3 heteroatoms. The van der Waals surface area contributed by atoms with Gasteiger partial charge in [-0.05, 0) is 18.6 Å². The first-order valence-electron chi connectivity index (χ1n) is 3.52. The zero-order valence-electron chi connectivity index (χ0n) is 6.40. The summed E-state index contributed by atoms with van der Waals surface area (Å²) in [4.78, 5) is 0. The monoisotopic (exact) mass is 184 g/mol. The second-order valence-electron chi connectivity index (χ2n) is 2.69. The van der Waals surface area contributed by atoms with E-state index in [1.165, 1.54) is 0 Å². The lowest BCUT2D eigenvalue weighted by Gasteiger charge is -1.90. The van der Waals surface area contributed by atoms with Gasteiger partial charge in [-0.2, -0.15) is 4.39 Å². The van der Waals surface area contributed by atoms with Gasteiger partial charge in [0.15, 0.2) is 5.82 Å². The normalized spacial score (nSPS) is 10.9. The van der Waals surface area contributed by atoms with E-state index in [0.717, 1.165) is 16.9 Å². The maximum Gasteiger partial charge on any atom is 0.213 e. The minimum Gasteiger partial charge on any atom is -0.202 e. The Morgan fingerprint density at radius 3 is 2.75 bits per heavy atom. The van der Waals surface area contributed by atoms with Crippen molar-refractivity contribution in [1.29, 1.82) is 0 Å². The molecule has 1 heterocycles. The summed E-state index contributed by atoms with van der Waals surface area (Å²) in [6, 6.07) is 5.17. The summed E-state index contributed by atoms with van der Waals surface area (Å²) in [5.74, 6) is -0.727. The first-order valence-corrected chi connectivity index (χ1v) is 4.34. The molecule has 1 aromatic carbocycles. The van der Waals surface area contributed by atoms with Crippen molar-refractivity contribution >= 4 is 21.4 Å². The summed E-state index contributed by atoms with van der Waals surface area (Å²) in [5.41, 5.74) is 1.02. The quantitative estimate of drug-likeness (QED) is 0.588. The standard InChI is InChI=1S/C9H6F2S/c1-5-2-3-6-7(4-5)12-9(11)8(6)10/h2-4H,1H3. The highest BCUT2D eigenvalue weighted by Gasteiger charge is 2.10. The average Bonchev–Trinajstić information content (AvgIpc) is 2.28. The molecule has 0 radical (unpaired) electrons. The van der Waals surface area contributed by atoms with Crippen molar-refractivity contribution in [3.05, 3.63) is 34.7 Å². The van der Waals surface area contributed by atoms with Crippen molar-refractivity contribution in [2.45, 2.75) is 6.92 Å². The fourth-order valence-electron chi connectivity index (χ4n) is 1.14. The summed E-state index contributed by atoms with van der Waals surface area (Å²) in [5, 5.41) is -0.348. The number of thiophene rings is 1. The lowest BCUT2D eigenvalue weighted by Crippen LogP contribution is -1.73. The van der Waals surface area contributed by atoms with Crippen LogP contribution >= 0.6 is 11.3 Å². The Morgan fingerprint density at radius 1 is 1.25 bits per heavy atom. The number of benzene rings is 1. The predicted molar refractivity (Wildman–Crippen MR) is 46.5 cm³/mol. The van der Waals surface area contributed by atoms with Crippen LogP contribution in [0.5, 0.6) is 0 Å². The van der Waals surface area contributed by atoms with Gasteiger partial charge < -0.3 is 0 Å². The largest absolute Gasteiger partial charge is 0.213 e. The molecule has 0 unspecified atom stereocenters. The van der Waals surface area contributed by atoms with Crippen LogP contribution in [0.4, 0.5) is 8.78 Å². The molecule has 62 valence electrons. The Kier molecular flexibility index (Phi) is 1.61. The van der Waals surface area contributed by atoms with Crippen LogP contribution < -0.4 is 0 Å². The van der Waals surface area contributed by atoms with Crippen LogP contribution in [0.15, 0.2) is 18.2 Å². The zero-order valence-corrected chi connectivity index (χ0v) is 7.21. The van der Waals surface area contributed by atoms with E-state index in [0.29, 0.717) is 10.1 Å². The molecule has 0 spiro atoms. The third-order valence-corrected chi connectivity index (χ3v) is 2.66. The topological polar surface area (TPSA) is 0 Å². The molecule has 0 bridgehead atoms. The van der Waals surface area contributed by atoms with E-state index in [4.69, 9.17) is 0 Å². The van der Waals surface area contributed by atoms with Gasteiger partial charge in [0.25, 0.3) is 0 Å². The Morgan fingerprint density at radius 2 is 2.00 bits per heavy atom. The number of halogens is 2. The van der Waals surface area contributed by atoms with Crippen molar-refractivity contribution < 1.29 is 8.78 Å². The smallest absolute Gasteiger partial charge is 0.202 e. The molecule has 0 saturated carbocycles. The minimum absolute atomic E-state index is 0.378. The molecular formula is C9H6F2S. The SMILES string of the molecule is Cc1ccc2c(F)c(F)sc2c1. The van der Waals surface area contributed by atoms with Gasteiger partial charge >= 0.3 is 0 Å². The van der Waals surface area contributed by atoms with Crippen LogP contribution in [0.3, 0.4) is 0 Å². The molecule has 0 aliphatic carbocycles. The summed E-state index contributed by atoms with van der Waals surface area (Å²) in [7, 11) is 0. The molecule has 2 aromatic rings. The summed E-state index contributed by atoms with van der Waals surface area (Å²) < 4.78 is 26.3. The van der Waals surface area contributed by atoms with Gasteiger partial charge in [-0.15, -0.1) is 11.3 Å². The lowest BCUT2D eigenvalue weighted by molar-refractivity contribution is 0.538. The van der Waals surface area contributed by atoms with E-state index in [-0.39, 0.29) is 0 Å². The molecule has 1 aromatic heterocycles. The summed E-state index contributed by atoms with van der Waals surface area (Å²) in [6.45, 7) is 1.90. The molecule has 0 atom stereocenters. The molecule has 0 N–H and O–H groups in total. The third kappa shape index (κ3) is 1.01. The molecule has 0 saturated heterocycles. The van der Waals surface area contributed by atoms with Gasteiger partial charge in [0, 0.05) is 10.1 Å². The summed E-state index contributed by atoms with van der Waals surface area (Å²) in [6.07, 6.45) is 0. The Bertz CT molecular complexity index is 431. The Balaban J connectivity index is 2.87. The van der Waals surface area contributed by atoms with Crippen molar-refractivity contribution in [3.63, 3.8) is 0 Å². The first-order chi connectivity index (χ1) is 5.68. The van der Waals surface area contributed by atoms with E-state index >= 15 is 0 Å². The van der Waals surface area contributed by atoms with Crippen LogP contribution in [0.2, 0.25) is 0 Å². The molecule has 0 amide bonds. The van der Waals surface area contributed by atoms with Gasteiger partial charge in [0.1, 0.15) is 0 Å². The van der Waals surface area contributed by atoms with Crippen molar-refractivity contribution in [3.8, 4) is 0 Å². The van der Waals surface area contributed by atoms with Crippen molar-refractivity contribution in [1.82, 2.24) is 0 Å². The number of rotatable bonds is 0. The van der Waals surface area contributed by atoms with Crippen LogP contribution in [0, 0.1) is 17.9 Å². The van der Waals surface area contributed by atoms with E-state index in [1.807, 2.05) is 6.92 Å². The first kappa shape index (κ1) is 7.68. The fourth-order valence-corrected chi connectivity index (χ4v) is 2.05. The van der Waals surface area contributed by atoms with Gasteiger partial charge in [0.2, 0.25) is 5.13 Å². The van der Waals surface area contributed by atoms with Crippen LogP contribution in [-0.4, -0.2) is 0 Å². The molecule has 0 aliphatic rings. The van der Waals surface area contributed by atoms with Gasteiger partial charge in [-0.25, -0.2) is 4.39 Å². The lowest BCUT2D eigenvalue weighted by atomic mass is 10.2. The van der Waals surface area contributed by atoms with Crippen LogP contribution in [0.1, 0.15) is 5.56 Å². The number of fused-ring (bicyclic) bond motifs is 1. The molecule has 2 rings (SSSR count). The fraction of sp³-hybridized carbons (Fsp3) is 0.111. The van der Waals surface area contributed by atoms with Gasteiger partial charge in [0.05, 0.1) is 0 Å². The van der Waals surface area contributed by atoms with E-state index in [2.05, 4.69) is 0 Å². The maximum atomic E-state index is 12.9. The molecular weight excluding hydrogens is 178 g/mol.